The standard InChI is InChI=1S/C34H54O9/c1-18(35)42-27-15-24-29(3,4)25(37)16-28(43-19(2)36)33(24,9)23-12-13-31(7)21(10-11-22(31)32(23,27)8)20-14-26(38)34(40,41-17-20)30(5,6)39/h11,20-21,23-28,37-40H,10,12-17H2,1-9H3/t20-,21+,23-,24+,25-,26-,27-,28+,31+,32+,33-,34+/m1/s1. The number of hydrogen-bond donors (Lipinski definition) is 4. The molecular weight excluding hydrogens is 552 g/mol. The van der Waals surface area contributed by atoms with Crippen LogP contribution in [0.5, 0.6) is 0 Å². The van der Waals surface area contributed by atoms with Gasteiger partial charge >= 0.3 is 11.9 Å². The molecule has 4 fully saturated rings. The van der Waals surface area contributed by atoms with E-state index in [0.717, 1.165) is 19.3 Å². The number of carbonyl (C=O) groups is 2. The van der Waals surface area contributed by atoms with E-state index in [1.807, 2.05) is 0 Å². The Morgan fingerprint density at radius 2 is 1.53 bits per heavy atom. The van der Waals surface area contributed by atoms with Gasteiger partial charge in [-0.2, -0.15) is 0 Å². The number of carbonyl (C=O) groups excluding carboxylic acids is 2. The van der Waals surface area contributed by atoms with Crippen molar-refractivity contribution in [3.05, 3.63) is 11.6 Å². The minimum Gasteiger partial charge on any atom is -0.462 e. The fraction of sp³-hybridized carbons (Fsp3) is 0.882. The monoisotopic (exact) mass is 606 g/mol. The second-order valence-electron chi connectivity index (χ2n) is 16.3. The van der Waals surface area contributed by atoms with E-state index in [4.69, 9.17) is 14.2 Å². The van der Waals surface area contributed by atoms with Crippen molar-refractivity contribution in [1.82, 2.24) is 0 Å². The van der Waals surface area contributed by atoms with Crippen LogP contribution >= 0.6 is 0 Å². The summed E-state index contributed by atoms with van der Waals surface area (Å²) in [6.45, 7) is 16.9. The molecule has 1 heterocycles. The van der Waals surface area contributed by atoms with E-state index in [1.54, 1.807) is 0 Å². The van der Waals surface area contributed by atoms with Gasteiger partial charge in [-0.05, 0) is 80.5 Å². The number of fused-ring (bicyclic) bond motifs is 5. The largest absolute Gasteiger partial charge is 0.462 e. The van der Waals surface area contributed by atoms with E-state index in [0.29, 0.717) is 19.3 Å². The molecule has 0 radical (unpaired) electrons. The molecule has 9 heteroatoms. The van der Waals surface area contributed by atoms with Crippen molar-refractivity contribution >= 4 is 11.9 Å². The lowest BCUT2D eigenvalue weighted by molar-refractivity contribution is -0.353. The SMILES string of the molecule is CC(=O)O[C@H]1C[C@@H](O)C(C)(C)[C@@H]2C[C@@H](OC(C)=O)[C@@]3(C)C4=CC[C@@H]([C@H]5CO[C@](O)(C(C)(C)O)[C@H](O)C5)[C@]4(C)CC[C@H]3[C@@]12C. The number of ether oxygens (including phenoxy) is 3. The predicted octanol–water partition coefficient (Wildman–Crippen LogP) is 3.89. The van der Waals surface area contributed by atoms with Crippen LogP contribution < -0.4 is 0 Å². The van der Waals surface area contributed by atoms with Crippen LogP contribution in [0.15, 0.2) is 11.6 Å². The van der Waals surface area contributed by atoms with Gasteiger partial charge in [-0.1, -0.05) is 46.3 Å². The summed E-state index contributed by atoms with van der Waals surface area (Å²) in [5, 5.41) is 43.9. The molecule has 3 saturated carbocycles. The maximum atomic E-state index is 12.6. The molecule has 244 valence electrons. The number of allylic oxidation sites excluding steroid dienone is 1. The summed E-state index contributed by atoms with van der Waals surface area (Å²) in [4.78, 5) is 25.0. The fourth-order valence-electron chi connectivity index (χ4n) is 11.1. The van der Waals surface area contributed by atoms with E-state index in [-0.39, 0.29) is 47.6 Å². The Hall–Kier alpha value is -1.52. The van der Waals surface area contributed by atoms with Crippen molar-refractivity contribution in [2.75, 3.05) is 6.61 Å². The van der Waals surface area contributed by atoms with Crippen LogP contribution in [0.3, 0.4) is 0 Å². The van der Waals surface area contributed by atoms with Gasteiger partial charge in [0.2, 0.25) is 5.79 Å². The third-order valence-electron chi connectivity index (χ3n) is 13.3. The third kappa shape index (κ3) is 4.57. The summed E-state index contributed by atoms with van der Waals surface area (Å²) in [5.74, 6) is -2.70. The third-order valence-corrected chi connectivity index (χ3v) is 13.3. The van der Waals surface area contributed by atoms with Gasteiger partial charge in [-0.15, -0.1) is 0 Å². The summed E-state index contributed by atoms with van der Waals surface area (Å²) in [5.41, 5.74) is -2.14. The molecular formula is C34H54O9. The molecule has 12 atom stereocenters. The van der Waals surface area contributed by atoms with Gasteiger partial charge in [0.15, 0.2) is 0 Å². The molecule has 43 heavy (non-hydrogen) atoms. The van der Waals surface area contributed by atoms with E-state index in [1.165, 1.54) is 33.3 Å². The van der Waals surface area contributed by atoms with Gasteiger partial charge in [0, 0.05) is 31.1 Å². The summed E-state index contributed by atoms with van der Waals surface area (Å²) < 4.78 is 18.1. The molecule has 4 aliphatic carbocycles. The zero-order valence-corrected chi connectivity index (χ0v) is 27.5. The molecule has 5 rings (SSSR count). The molecule has 0 bridgehead atoms. The van der Waals surface area contributed by atoms with E-state index < -0.39 is 52.0 Å². The first-order valence-corrected chi connectivity index (χ1v) is 16.2. The molecule has 0 aromatic heterocycles. The average molecular weight is 607 g/mol. The molecule has 0 aromatic rings. The van der Waals surface area contributed by atoms with Crippen LogP contribution in [0.2, 0.25) is 0 Å². The van der Waals surface area contributed by atoms with Crippen LogP contribution in [-0.4, -0.2) is 74.8 Å². The quantitative estimate of drug-likeness (QED) is 0.277. The smallest absolute Gasteiger partial charge is 0.302 e. The van der Waals surface area contributed by atoms with Crippen LogP contribution in [0.4, 0.5) is 0 Å². The van der Waals surface area contributed by atoms with Crippen molar-refractivity contribution < 1.29 is 44.2 Å². The lowest BCUT2D eigenvalue weighted by atomic mass is 9.36. The highest BCUT2D eigenvalue weighted by Crippen LogP contribution is 2.74. The van der Waals surface area contributed by atoms with Gasteiger partial charge in [0.1, 0.15) is 23.9 Å². The lowest BCUT2D eigenvalue weighted by Crippen LogP contribution is -2.70. The Kier molecular flexibility index (Phi) is 7.83. The number of rotatable bonds is 4. The number of aliphatic hydroxyl groups excluding tert-OH is 2. The molecule has 4 N–H and O–H groups in total. The Balaban J connectivity index is 1.54. The Labute approximate surface area is 256 Å². The number of aliphatic hydroxyl groups is 4. The van der Waals surface area contributed by atoms with Gasteiger partial charge in [-0.25, -0.2) is 0 Å². The van der Waals surface area contributed by atoms with Gasteiger partial charge in [0.05, 0.1) is 12.7 Å². The van der Waals surface area contributed by atoms with Crippen molar-refractivity contribution in [3.63, 3.8) is 0 Å². The second kappa shape index (κ2) is 10.2. The maximum absolute atomic E-state index is 12.6. The van der Waals surface area contributed by atoms with Gasteiger partial charge in [-0.3, -0.25) is 9.59 Å². The first-order valence-electron chi connectivity index (χ1n) is 16.2. The first kappa shape index (κ1) is 32.9. The van der Waals surface area contributed by atoms with Crippen LogP contribution in [0.1, 0.15) is 101 Å². The zero-order chi connectivity index (χ0) is 32.1. The molecule has 9 nitrogen and oxygen atoms in total. The summed E-state index contributed by atoms with van der Waals surface area (Å²) in [6.07, 6.45) is 3.17. The highest BCUT2D eigenvalue weighted by atomic mass is 16.7. The van der Waals surface area contributed by atoms with Crippen molar-refractivity contribution in [2.45, 2.75) is 137 Å². The zero-order valence-electron chi connectivity index (χ0n) is 27.5. The van der Waals surface area contributed by atoms with Crippen molar-refractivity contribution in [2.24, 2.45) is 45.3 Å². The van der Waals surface area contributed by atoms with E-state index in [2.05, 4.69) is 40.7 Å². The first-order chi connectivity index (χ1) is 19.6. The average Bonchev–Trinajstić information content (AvgIpc) is 3.23. The van der Waals surface area contributed by atoms with E-state index >= 15 is 0 Å². The molecule has 5 aliphatic rings. The fourth-order valence-corrected chi connectivity index (χ4v) is 11.1. The molecule has 0 amide bonds. The molecule has 0 spiro atoms. The second-order valence-corrected chi connectivity index (χ2v) is 16.3. The summed E-state index contributed by atoms with van der Waals surface area (Å²) in [7, 11) is 0. The van der Waals surface area contributed by atoms with Gasteiger partial charge in [0.25, 0.3) is 0 Å². The number of hydrogen-bond acceptors (Lipinski definition) is 9. The Morgan fingerprint density at radius 1 is 0.930 bits per heavy atom. The van der Waals surface area contributed by atoms with Crippen LogP contribution in [-0.2, 0) is 23.8 Å². The van der Waals surface area contributed by atoms with Crippen molar-refractivity contribution in [1.29, 1.82) is 0 Å². The minimum atomic E-state index is -2.04. The Morgan fingerprint density at radius 3 is 2.09 bits per heavy atom. The van der Waals surface area contributed by atoms with Gasteiger partial charge < -0.3 is 34.6 Å². The summed E-state index contributed by atoms with van der Waals surface area (Å²) in [6, 6.07) is 0. The molecule has 1 aliphatic heterocycles. The molecule has 0 aromatic carbocycles. The van der Waals surface area contributed by atoms with E-state index in [9.17, 15) is 30.0 Å². The van der Waals surface area contributed by atoms with Crippen LogP contribution in [0.25, 0.3) is 0 Å². The Bertz CT molecular complexity index is 1170. The topological polar surface area (TPSA) is 143 Å². The number of esters is 2. The molecule has 0 unspecified atom stereocenters. The predicted molar refractivity (Wildman–Crippen MR) is 158 cm³/mol. The van der Waals surface area contributed by atoms with Crippen molar-refractivity contribution in [3.8, 4) is 0 Å². The lowest BCUT2D eigenvalue weighted by Gasteiger charge is -2.70. The normalized spacial score (nSPS) is 49.2. The minimum absolute atomic E-state index is 0.0192. The highest BCUT2D eigenvalue weighted by Gasteiger charge is 2.72. The van der Waals surface area contributed by atoms with Crippen LogP contribution in [0, 0.1) is 45.3 Å². The molecule has 1 saturated heterocycles. The summed E-state index contributed by atoms with van der Waals surface area (Å²) >= 11 is 0. The highest BCUT2D eigenvalue weighted by molar-refractivity contribution is 5.67. The maximum Gasteiger partial charge on any atom is 0.302 e.